The van der Waals surface area contributed by atoms with Gasteiger partial charge in [-0.1, -0.05) is 24.3 Å². The molecule has 2 aliphatic rings. The number of amides is 3. The molecule has 3 heterocycles. The number of morpholine rings is 1. The van der Waals surface area contributed by atoms with E-state index in [1.165, 1.54) is 5.01 Å². The molecule has 0 saturated carbocycles. The van der Waals surface area contributed by atoms with Crippen LogP contribution in [0, 0.1) is 0 Å². The highest BCUT2D eigenvalue weighted by Gasteiger charge is 2.39. The number of halogens is 3. The van der Waals surface area contributed by atoms with Gasteiger partial charge in [-0.05, 0) is 18.1 Å². The zero-order valence-corrected chi connectivity index (χ0v) is 18.7. The summed E-state index contributed by atoms with van der Waals surface area (Å²) >= 11 is 0. The van der Waals surface area contributed by atoms with Crippen molar-refractivity contribution in [2.75, 3.05) is 26.3 Å². The molecular weight excluding hydrogens is 469 g/mol. The van der Waals surface area contributed by atoms with E-state index in [4.69, 9.17) is 4.74 Å². The molecule has 0 unspecified atom stereocenters. The number of aliphatic hydroxyl groups excluding tert-OH is 1. The lowest BCUT2D eigenvalue weighted by Gasteiger charge is -2.33. The maximum atomic E-state index is 13.0. The second-order valence-electron chi connectivity index (χ2n) is 8.09. The number of aliphatic hydroxyl groups is 1. The number of aromatic nitrogens is 2. The van der Waals surface area contributed by atoms with Crippen LogP contribution in [0.5, 0.6) is 0 Å². The highest BCUT2D eigenvalue weighted by molar-refractivity contribution is 6.08. The molecule has 2 aliphatic heterocycles. The largest absolute Gasteiger partial charge is 0.451 e. The molecule has 186 valence electrons. The Hall–Kier alpha value is -3.58. The molecule has 13 heteroatoms. The van der Waals surface area contributed by atoms with E-state index in [1.54, 1.807) is 36.1 Å². The zero-order chi connectivity index (χ0) is 25.2. The third-order valence-electron chi connectivity index (χ3n) is 5.72. The lowest BCUT2D eigenvalue weighted by Crippen LogP contribution is -2.52. The summed E-state index contributed by atoms with van der Waals surface area (Å²) in [6.45, 7) is 2.18. The topological polar surface area (TPSA) is 120 Å². The minimum atomic E-state index is -4.66. The SMILES string of the molecule is C[C@@H](NC(=O)N1C[C@@H](N2CCOCC2=O)C(c2ccc(CO)cc2)=N1)c1cnc(C(F)(F)F)nc1. The number of nitrogens with zero attached hydrogens (tertiary/aromatic N) is 5. The van der Waals surface area contributed by atoms with Gasteiger partial charge in [0, 0.05) is 24.5 Å². The van der Waals surface area contributed by atoms with E-state index in [2.05, 4.69) is 20.4 Å². The number of carbonyl (C=O) groups excluding carboxylic acids is 2. The van der Waals surface area contributed by atoms with Crippen LogP contribution in [0.25, 0.3) is 0 Å². The Morgan fingerprint density at radius 2 is 1.94 bits per heavy atom. The van der Waals surface area contributed by atoms with Crippen molar-refractivity contribution in [1.29, 1.82) is 0 Å². The maximum Gasteiger partial charge on any atom is 0.451 e. The first-order chi connectivity index (χ1) is 16.7. The average molecular weight is 492 g/mol. The molecule has 2 aromatic rings. The summed E-state index contributed by atoms with van der Waals surface area (Å²) in [6.07, 6.45) is -2.64. The van der Waals surface area contributed by atoms with Crippen molar-refractivity contribution >= 4 is 17.6 Å². The summed E-state index contributed by atoms with van der Waals surface area (Å²) in [5, 5.41) is 17.6. The Morgan fingerprint density at radius 1 is 1.26 bits per heavy atom. The second kappa shape index (κ2) is 9.96. The Balaban J connectivity index is 1.53. The number of alkyl halides is 3. The van der Waals surface area contributed by atoms with Crippen molar-refractivity contribution in [2.45, 2.75) is 31.8 Å². The molecule has 35 heavy (non-hydrogen) atoms. The Labute approximate surface area is 198 Å². The summed E-state index contributed by atoms with van der Waals surface area (Å²) < 4.78 is 43.3. The maximum absolute atomic E-state index is 13.0. The van der Waals surface area contributed by atoms with Gasteiger partial charge in [0.15, 0.2) is 0 Å². The Kier molecular flexibility index (Phi) is 6.98. The van der Waals surface area contributed by atoms with Gasteiger partial charge in [-0.3, -0.25) is 4.79 Å². The van der Waals surface area contributed by atoms with Crippen LogP contribution in [-0.4, -0.2) is 75.0 Å². The highest BCUT2D eigenvalue weighted by Crippen LogP contribution is 2.26. The van der Waals surface area contributed by atoms with Crippen molar-refractivity contribution in [2.24, 2.45) is 5.10 Å². The fraction of sp³-hybridized carbons (Fsp3) is 0.409. The number of hydrazone groups is 1. The van der Waals surface area contributed by atoms with E-state index in [9.17, 15) is 27.9 Å². The van der Waals surface area contributed by atoms with Crippen LogP contribution in [0.2, 0.25) is 0 Å². The quantitative estimate of drug-likeness (QED) is 0.656. The summed E-state index contributed by atoms with van der Waals surface area (Å²) in [5.74, 6) is -1.49. The Morgan fingerprint density at radius 3 is 2.54 bits per heavy atom. The summed E-state index contributed by atoms with van der Waals surface area (Å²) in [4.78, 5) is 33.7. The van der Waals surface area contributed by atoms with Crippen molar-refractivity contribution in [3.63, 3.8) is 0 Å². The van der Waals surface area contributed by atoms with Crippen molar-refractivity contribution in [3.8, 4) is 0 Å². The third kappa shape index (κ3) is 5.41. The average Bonchev–Trinajstić information content (AvgIpc) is 3.29. The number of nitrogens with one attached hydrogen (secondary N) is 1. The van der Waals surface area contributed by atoms with E-state index >= 15 is 0 Å². The van der Waals surface area contributed by atoms with Crippen LogP contribution in [0.1, 0.15) is 35.5 Å². The summed E-state index contributed by atoms with van der Waals surface area (Å²) in [5.41, 5.74) is 2.18. The molecule has 1 aromatic carbocycles. The van der Waals surface area contributed by atoms with Gasteiger partial charge in [0.05, 0.1) is 37.6 Å². The van der Waals surface area contributed by atoms with Gasteiger partial charge in [-0.25, -0.2) is 19.8 Å². The predicted molar refractivity (Wildman–Crippen MR) is 116 cm³/mol. The van der Waals surface area contributed by atoms with Gasteiger partial charge >= 0.3 is 12.2 Å². The summed E-state index contributed by atoms with van der Waals surface area (Å²) in [6, 6.07) is 5.16. The number of ether oxygens (including phenoxy) is 1. The van der Waals surface area contributed by atoms with Crippen molar-refractivity contribution in [3.05, 3.63) is 59.2 Å². The van der Waals surface area contributed by atoms with Crippen LogP contribution in [-0.2, 0) is 22.3 Å². The minimum absolute atomic E-state index is 0.0651. The van der Waals surface area contributed by atoms with Crippen LogP contribution < -0.4 is 5.32 Å². The van der Waals surface area contributed by atoms with Crippen LogP contribution in [0.15, 0.2) is 41.8 Å². The number of hydrogen-bond donors (Lipinski definition) is 2. The van der Waals surface area contributed by atoms with E-state index in [1.807, 2.05) is 0 Å². The minimum Gasteiger partial charge on any atom is -0.392 e. The van der Waals surface area contributed by atoms with Crippen LogP contribution in [0.4, 0.5) is 18.0 Å². The van der Waals surface area contributed by atoms with Gasteiger partial charge in [0.25, 0.3) is 0 Å². The number of urea groups is 1. The smallest absolute Gasteiger partial charge is 0.392 e. The number of hydrogen-bond acceptors (Lipinski definition) is 7. The predicted octanol–water partition coefficient (Wildman–Crippen LogP) is 1.71. The first-order valence-corrected chi connectivity index (χ1v) is 10.8. The zero-order valence-electron chi connectivity index (χ0n) is 18.7. The third-order valence-corrected chi connectivity index (χ3v) is 5.72. The van der Waals surface area contributed by atoms with Gasteiger partial charge < -0.3 is 20.1 Å². The first-order valence-electron chi connectivity index (χ1n) is 10.8. The standard InChI is InChI=1S/C22H23F3N6O4/c1-13(16-8-26-20(27-9-16)22(23,24)25)28-21(34)31-10-17(30-6-7-35-12-18(30)33)19(29-31)15-4-2-14(11-32)3-5-15/h2-5,8-9,13,17,32H,6-7,10-12H2,1H3,(H,28,34)/t13-,17-/m1/s1. The van der Waals surface area contributed by atoms with Gasteiger partial charge in [-0.2, -0.15) is 18.3 Å². The number of benzene rings is 1. The fourth-order valence-electron chi connectivity index (χ4n) is 3.80. The van der Waals surface area contributed by atoms with Gasteiger partial charge in [-0.15, -0.1) is 0 Å². The Bertz CT molecular complexity index is 1110. The normalized spacial score (nSPS) is 19.5. The molecule has 1 aromatic heterocycles. The van der Waals surface area contributed by atoms with E-state index < -0.39 is 30.1 Å². The van der Waals surface area contributed by atoms with Crippen LogP contribution >= 0.6 is 0 Å². The molecule has 1 saturated heterocycles. The molecule has 3 amide bonds. The first kappa shape index (κ1) is 24.5. The van der Waals surface area contributed by atoms with E-state index in [-0.39, 0.29) is 31.2 Å². The molecular formula is C22H23F3N6O4. The molecule has 0 spiro atoms. The molecule has 1 fully saturated rings. The fourth-order valence-corrected chi connectivity index (χ4v) is 3.80. The number of rotatable bonds is 5. The molecule has 2 N–H and O–H groups in total. The van der Waals surface area contributed by atoms with Crippen LogP contribution in [0.3, 0.4) is 0 Å². The number of carbonyl (C=O) groups is 2. The van der Waals surface area contributed by atoms with E-state index in [0.29, 0.717) is 30.0 Å². The second-order valence-corrected chi connectivity index (χ2v) is 8.09. The van der Waals surface area contributed by atoms with E-state index in [0.717, 1.165) is 12.4 Å². The molecule has 0 radical (unpaired) electrons. The highest BCUT2D eigenvalue weighted by atomic mass is 19.4. The molecule has 2 atom stereocenters. The van der Waals surface area contributed by atoms with Crippen molar-refractivity contribution in [1.82, 2.24) is 25.2 Å². The lowest BCUT2D eigenvalue weighted by atomic mass is 10.0. The summed E-state index contributed by atoms with van der Waals surface area (Å²) in [7, 11) is 0. The molecule has 10 nitrogen and oxygen atoms in total. The van der Waals surface area contributed by atoms with Crippen molar-refractivity contribution < 1.29 is 32.6 Å². The van der Waals surface area contributed by atoms with Gasteiger partial charge in [0.2, 0.25) is 11.7 Å². The lowest BCUT2D eigenvalue weighted by molar-refractivity contribution is -0.145. The monoisotopic (exact) mass is 492 g/mol. The molecule has 4 rings (SSSR count). The molecule has 0 bridgehead atoms. The molecule has 0 aliphatic carbocycles. The van der Waals surface area contributed by atoms with Gasteiger partial charge in [0.1, 0.15) is 6.61 Å².